The van der Waals surface area contributed by atoms with E-state index >= 15 is 0 Å². The molecule has 1 aromatic rings. The fourth-order valence-electron chi connectivity index (χ4n) is 6.11. The first kappa shape index (κ1) is 25.4. The molecule has 192 valence electrons. The van der Waals surface area contributed by atoms with Crippen molar-refractivity contribution in [2.24, 2.45) is 17.8 Å². The van der Waals surface area contributed by atoms with Crippen LogP contribution in [0.1, 0.15) is 26.7 Å². The van der Waals surface area contributed by atoms with Crippen LogP contribution in [-0.4, -0.2) is 69.6 Å². The molecule has 4 aliphatic rings. The number of aliphatic hydroxyl groups excluding tert-OH is 1. The average Bonchev–Trinajstić information content (AvgIpc) is 3.22. The van der Waals surface area contributed by atoms with E-state index in [4.69, 9.17) is 16.3 Å². The first-order valence-electron chi connectivity index (χ1n) is 12.5. The highest BCUT2D eigenvalue weighted by Crippen LogP contribution is 2.61. The molecule has 1 aromatic carbocycles. The summed E-state index contributed by atoms with van der Waals surface area (Å²) in [5.74, 6) is -2.12. The number of aliphatic hydroxyl groups is 1. The lowest BCUT2D eigenvalue weighted by Crippen LogP contribution is -2.57. The van der Waals surface area contributed by atoms with E-state index in [1.807, 2.05) is 38.2 Å². The summed E-state index contributed by atoms with van der Waals surface area (Å²) in [6.07, 6.45) is 9.04. The summed E-state index contributed by atoms with van der Waals surface area (Å²) in [6.45, 7) is 4.39. The van der Waals surface area contributed by atoms with Crippen LogP contribution in [0.4, 0.5) is 5.69 Å². The number of likely N-dealkylation sites (tertiary alicyclic amines) is 1. The normalized spacial score (nSPS) is 32.5. The minimum absolute atomic E-state index is 0.199. The summed E-state index contributed by atoms with van der Waals surface area (Å²) in [5.41, 5.74) is 0.680. The van der Waals surface area contributed by atoms with Crippen LogP contribution >= 0.6 is 23.4 Å². The molecule has 1 N–H and O–H groups in total. The third kappa shape index (κ3) is 4.07. The molecule has 6 atom stereocenters. The van der Waals surface area contributed by atoms with Crippen molar-refractivity contribution in [2.45, 2.75) is 48.8 Å². The Morgan fingerprint density at radius 1 is 1.17 bits per heavy atom. The van der Waals surface area contributed by atoms with Gasteiger partial charge in [-0.15, -0.1) is 11.8 Å². The highest BCUT2D eigenvalue weighted by Gasteiger charge is 2.71. The minimum atomic E-state index is -0.942. The number of anilines is 1. The number of nitrogens with zero attached hydrogens (tertiary/aromatic N) is 2. The van der Waals surface area contributed by atoms with Gasteiger partial charge in [-0.1, -0.05) is 49.8 Å². The van der Waals surface area contributed by atoms with Gasteiger partial charge in [-0.3, -0.25) is 14.4 Å². The van der Waals surface area contributed by atoms with Crippen molar-refractivity contribution in [1.82, 2.24) is 4.90 Å². The van der Waals surface area contributed by atoms with Crippen molar-refractivity contribution < 1.29 is 24.2 Å². The van der Waals surface area contributed by atoms with Crippen LogP contribution in [0.3, 0.4) is 0 Å². The average molecular weight is 531 g/mol. The van der Waals surface area contributed by atoms with Crippen molar-refractivity contribution in [3.8, 4) is 0 Å². The number of amides is 2. The van der Waals surface area contributed by atoms with Crippen molar-refractivity contribution in [2.75, 3.05) is 24.7 Å². The van der Waals surface area contributed by atoms with E-state index in [2.05, 4.69) is 0 Å². The monoisotopic (exact) mass is 530 g/mol. The van der Waals surface area contributed by atoms with Gasteiger partial charge in [-0.25, -0.2) is 0 Å². The zero-order valence-corrected chi connectivity index (χ0v) is 22.0. The Bertz CT molecular complexity index is 1110. The Labute approximate surface area is 220 Å². The number of halogens is 1. The van der Waals surface area contributed by atoms with Crippen LogP contribution in [-0.2, 0) is 19.1 Å². The Morgan fingerprint density at radius 2 is 1.92 bits per heavy atom. The lowest BCUT2D eigenvalue weighted by molar-refractivity contribution is -0.153. The summed E-state index contributed by atoms with van der Waals surface area (Å²) >= 11 is 7.60. The molecule has 0 radical (unpaired) electrons. The maximum Gasteiger partial charge on any atom is 0.311 e. The third-order valence-corrected chi connectivity index (χ3v) is 9.54. The molecular weight excluding hydrogens is 500 g/mol. The van der Waals surface area contributed by atoms with Gasteiger partial charge < -0.3 is 19.6 Å². The Balaban J connectivity index is 1.64. The predicted molar refractivity (Wildman–Crippen MR) is 140 cm³/mol. The molecule has 5 rings (SSSR count). The first-order valence-corrected chi connectivity index (χ1v) is 13.7. The SMILES string of the molecule is CC(C)C[C@H](CO)N1C(=O)[C@@H]2[C@@H]3C(=O)OCCC=C[C@@H]3S[C@@]23C=CCN(c2ccc(Cl)cc2)C(=O)C13. The lowest BCUT2D eigenvalue weighted by Gasteiger charge is -2.39. The number of hydrogen-bond donors (Lipinski definition) is 1. The number of carbonyl (C=O) groups is 3. The van der Waals surface area contributed by atoms with E-state index in [0.717, 1.165) is 0 Å². The van der Waals surface area contributed by atoms with Gasteiger partial charge in [0, 0.05) is 22.5 Å². The molecule has 0 saturated carbocycles. The molecule has 4 aliphatic heterocycles. The first-order chi connectivity index (χ1) is 17.3. The van der Waals surface area contributed by atoms with E-state index in [1.54, 1.807) is 34.1 Å². The minimum Gasteiger partial charge on any atom is -0.465 e. The van der Waals surface area contributed by atoms with Gasteiger partial charge in [0.1, 0.15) is 6.04 Å². The summed E-state index contributed by atoms with van der Waals surface area (Å²) in [7, 11) is 0. The highest BCUT2D eigenvalue weighted by molar-refractivity contribution is 8.02. The number of carbonyl (C=O) groups excluding carboxylic acids is 3. The second-order valence-electron chi connectivity index (χ2n) is 10.3. The molecule has 4 heterocycles. The van der Waals surface area contributed by atoms with Crippen LogP contribution in [0.2, 0.25) is 5.02 Å². The van der Waals surface area contributed by atoms with E-state index < -0.39 is 34.6 Å². The number of benzene rings is 1. The molecule has 9 heteroatoms. The van der Waals surface area contributed by atoms with Gasteiger partial charge in [0.05, 0.1) is 35.8 Å². The van der Waals surface area contributed by atoms with Crippen LogP contribution in [0.15, 0.2) is 48.6 Å². The molecule has 1 spiro atoms. The molecule has 0 aromatic heterocycles. The Morgan fingerprint density at radius 3 is 2.61 bits per heavy atom. The van der Waals surface area contributed by atoms with E-state index in [1.165, 1.54) is 11.8 Å². The fraction of sp³-hybridized carbons (Fsp3) is 0.519. The highest BCUT2D eigenvalue weighted by atomic mass is 35.5. The van der Waals surface area contributed by atoms with Gasteiger partial charge in [-0.2, -0.15) is 0 Å². The van der Waals surface area contributed by atoms with E-state index in [0.29, 0.717) is 30.1 Å². The summed E-state index contributed by atoms with van der Waals surface area (Å²) in [4.78, 5) is 45.0. The molecule has 7 nitrogen and oxygen atoms in total. The second-order valence-corrected chi connectivity index (χ2v) is 12.2. The molecule has 0 aliphatic carbocycles. The van der Waals surface area contributed by atoms with E-state index in [9.17, 15) is 19.5 Å². The number of thioether (sulfide) groups is 1. The van der Waals surface area contributed by atoms with Crippen molar-refractivity contribution in [3.63, 3.8) is 0 Å². The summed E-state index contributed by atoms with van der Waals surface area (Å²) in [5, 5.41) is 10.7. The maximum atomic E-state index is 14.4. The number of hydrogen-bond acceptors (Lipinski definition) is 6. The van der Waals surface area contributed by atoms with Gasteiger partial charge >= 0.3 is 5.97 Å². The smallest absolute Gasteiger partial charge is 0.311 e. The fourth-order valence-corrected chi connectivity index (χ4v) is 8.23. The number of rotatable bonds is 5. The van der Waals surface area contributed by atoms with Crippen LogP contribution in [0.25, 0.3) is 0 Å². The number of fused-ring (bicyclic) bond motifs is 2. The third-order valence-electron chi connectivity index (χ3n) is 7.54. The molecule has 2 saturated heterocycles. The van der Waals surface area contributed by atoms with Gasteiger partial charge in [0.2, 0.25) is 5.91 Å². The van der Waals surface area contributed by atoms with Crippen LogP contribution in [0, 0.1) is 17.8 Å². The van der Waals surface area contributed by atoms with Crippen molar-refractivity contribution in [3.05, 3.63) is 53.6 Å². The Hall–Kier alpha value is -2.29. The molecule has 36 heavy (non-hydrogen) atoms. The zero-order valence-electron chi connectivity index (χ0n) is 20.4. The van der Waals surface area contributed by atoms with Gasteiger partial charge in [0.25, 0.3) is 5.91 Å². The number of esters is 1. The predicted octanol–water partition coefficient (Wildman–Crippen LogP) is 3.45. The topological polar surface area (TPSA) is 87.2 Å². The molecule has 2 amide bonds. The standard InChI is InChI=1S/C27H31ClN2O5S/c1-16(2)14-19(15-31)30-23-25(33)29(18-9-7-17(28)8-10-18)12-5-11-27(23)22(24(30)32)21-20(36-27)6-3-4-13-35-26(21)34/h3,5-11,16,19-23,31H,4,12-15H2,1-2H3/t19-,20+,21-,22+,23?,27+/m1/s1. The van der Waals surface area contributed by atoms with Gasteiger partial charge in [-0.05, 0) is 43.0 Å². The number of ether oxygens (including phenoxy) is 1. The summed E-state index contributed by atoms with van der Waals surface area (Å²) < 4.78 is 4.58. The van der Waals surface area contributed by atoms with Crippen molar-refractivity contribution >= 4 is 46.8 Å². The largest absolute Gasteiger partial charge is 0.465 e. The molecule has 1 unspecified atom stereocenters. The number of cyclic esters (lactones) is 1. The Kier molecular flexibility index (Phi) is 6.96. The maximum absolute atomic E-state index is 14.4. The molecule has 2 fully saturated rings. The second kappa shape index (κ2) is 9.88. The van der Waals surface area contributed by atoms with Gasteiger partial charge in [0.15, 0.2) is 0 Å². The summed E-state index contributed by atoms with van der Waals surface area (Å²) in [6, 6.07) is 5.65. The van der Waals surface area contributed by atoms with Crippen LogP contribution < -0.4 is 4.90 Å². The zero-order chi connectivity index (χ0) is 25.6. The lowest BCUT2D eigenvalue weighted by atomic mass is 9.78. The van der Waals surface area contributed by atoms with E-state index in [-0.39, 0.29) is 36.2 Å². The van der Waals surface area contributed by atoms with Crippen molar-refractivity contribution in [1.29, 1.82) is 0 Å². The molecule has 0 bridgehead atoms. The molecular formula is C27H31ClN2O5S. The van der Waals surface area contributed by atoms with Crippen LogP contribution in [0.5, 0.6) is 0 Å². The quantitative estimate of drug-likeness (QED) is 0.463.